The Hall–Kier alpha value is -2.85. The van der Waals surface area contributed by atoms with Crippen molar-refractivity contribution < 1.29 is 26.8 Å². The maximum atomic E-state index is 11.9. The number of rotatable bonds is 6. The summed E-state index contributed by atoms with van der Waals surface area (Å²) in [6.07, 6.45) is 0. The molecule has 172 valence electrons. The van der Waals surface area contributed by atoms with Gasteiger partial charge >= 0.3 is 0 Å². The van der Waals surface area contributed by atoms with E-state index in [1.165, 1.54) is 12.1 Å². The molecule has 0 aliphatic carbocycles. The van der Waals surface area contributed by atoms with Crippen molar-refractivity contribution in [1.29, 1.82) is 0 Å². The van der Waals surface area contributed by atoms with E-state index in [2.05, 4.69) is 4.98 Å². The molecule has 0 spiro atoms. The monoisotopic (exact) mass is 505 g/mol. The summed E-state index contributed by atoms with van der Waals surface area (Å²) < 4.78 is 45.7. The van der Waals surface area contributed by atoms with Crippen LogP contribution in [0.4, 0.5) is 0 Å². The Labute approximate surface area is 200 Å². The van der Waals surface area contributed by atoms with E-state index in [9.17, 15) is 8.42 Å². The zero-order chi connectivity index (χ0) is 23.3. The second-order valence-corrected chi connectivity index (χ2v) is 9.80. The van der Waals surface area contributed by atoms with E-state index in [1.807, 2.05) is 24.6 Å². The lowest BCUT2D eigenvalue weighted by atomic mass is 10.2. The molecular weight excluding hydrogens is 486 g/mol. The molecule has 0 saturated carbocycles. The number of halogens is 1. The zero-order valence-corrected chi connectivity index (χ0v) is 20.0. The van der Waals surface area contributed by atoms with Crippen LogP contribution in [-0.2, 0) is 14.3 Å². The highest BCUT2D eigenvalue weighted by Gasteiger charge is 2.17. The minimum Gasteiger partial charge on any atom is -0.491 e. The summed E-state index contributed by atoms with van der Waals surface area (Å²) >= 11 is 7.33. The van der Waals surface area contributed by atoms with Crippen LogP contribution < -0.4 is 14.2 Å². The smallest absolute Gasteiger partial charge is 0.297 e. The van der Waals surface area contributed by atoms with Crippen molar-refractivity contribution in [1.82, 2.24) is 4.98 Å². The molecule has 0 amide bonds. The number of hydrogen-bond donors (Lipinski definition) is 0. The highest BCUT2D eigenvalue weighted by Crippen LogP contribution is 2.40. The summed E-state index contributed by atoms with van der Waals surface area (Å²) in [6, 6.07) is 17.1. The molecule has 1 aliphatic rings. The molecule has 0 fully saturated rings. The van der Waals surface area contributed by atoms with Gasteiger partial charge in [0.2, 0.25) is 6.79 Å². The van der Waals surface area contributed by atoms with Gasteiger partial charge in [-0.2, -0.15) is 8.42 Å². The van der Waals surface area contributed by atoms with Crippen molar-refractivity contribution in [3.8, 4) is 17.2 Å². The van der Waals surface area contributed by atoms with E-state index >= 15 is 0 Å². The first-order chi connectivity index (χ1) is 15.9. The van der Waals surface area contributed by atoms with Crippen molar-refractivity contribution in [3.05, 3.63) is 76.8 Å². The van der Waals surface area contributed by atoms with E-state index in [-0.39, 0.29) is 18.1 Å². The van der Waals surface area contributed by atoms with Crippen molar-refractivity contribution >= 4 is 43.3 Å². The lowest BCUT2D eigenvalue weighted by molar-refractivity contribution is 0.175. The van der Waals surface area contributed by atoms with Crippen LogP contribution in [0.25, 0.3) is 10.2 Å². The Balaban J connectivity index is 0.000000180. The molecule has 0 radical (unpaired) electrons. The second-order valence-electron chi connectivity index (χ2n) is 6.89. The standard InChI is InChI=1S/C15H15ClO4S.C8H5NO2S/c1-12-2-8-15(9-3-12)21(17,18)20-11-10-19-14-6-4-13(16)5-7-14;1-2-6-7(11-4-10-6)8-5(1)9-3-12-8/h2-9H,10-11H2,1H3;1-3H,4H2. The largest absolute Gasteiger partial charge is 0.491 e. The van der Waals surface area contributed by atoms with Crippen LogP contribution >= 0.6 is 22.9 Å². The molecule has 7 nitrogen and oxygen atoms in total. The maximum absolute atomic E-state index is 11.9. The molecule has 4 aromatic rings. The number of thiazole rings is 1. The first-order valence-corrected chi connectivity index (χ1v) is 12.6. The normalized spacial score (nSPS) is 12.3. The molecule has 5 rings (SSSR count). The minimum atomic E-state index is -3.74. The first-order valence-electron chi connectivity index (χ1n) is 9.89. The highest BCUT2D eigenvalue weighted by molar-refractivity contribution is 7.86. The highest BCUT2D eigenvalue weighted by atomic mass is 35.5. The quantitative estimate of drug-likeness (QED) is 0.254. The molecule has 0 saturated heterocycles. The van der Waals surface area contributed by atoms with Gasteiger partial charge in [0.05, 0.1) is 15.9 Å². The third-order valence-corrected chi connectivity index (χ3v) is 6.97. The van der Waals surface area contributed by atoms with Crippen molar-refractivity contribution in [2.75, 3.05) is 20.0 Å². The number of aromatic nitrogens is 1. The molecule has 0 unspecified atom stereocenters. The lowest BCUT2D eigenvalue weighted by Crippen LogP contribution is -2.13. The third kappa shape index (κ3) is 5.94. The van der Waals surface area contributed by atoms with Gasteiger partial charge in [0.15, 0.2) is 11.5 Å². The van der Waals surface area contributed by atoms with Crippen LogP contribution in [0.2, 0.25) is 5.02 Å². The summed E-state index contributed by atoms with van der Waals surface area (Å²) in [5, 5.41) is 0.612. The number of aryl methyl sites for hydroxylation is 1. The van der Waals surface area contributed by atoms with Crippen molar-refractivity contribution in [2.24, 2.45) is 0 Å². The van der Waals surface area contributed by atoms with Crippen LogP contribution in [0.3, 0.4) is 0 Å². The maximum Gasteiger partial charge on any atom is 0.297 e. The van der Waals surface area contributed by atoms with Gasteiger partial charge in [-0.25, -0.2) is 4.98 Å². The summed E-state index contributed by atoms with van der Waals surface area (Å²) in [4.78, 5) is 4.32. The Kier molecular flexibility index (Phi) is 7.34. The number of fused-ring (bicyclic) bond motifs is 3. The average molecular weight is 506 g/mol. The fourth-order valence-electron chi connectivity index (χ4n) is 2.89. The van der Waals surface area contributed by atoms with Crippen LogP contribution in [0.1, 0.15) is 5.56 Å². The molecule has 1 aliphatic heterocycles. The molecule has 0 bridgehead atoms. The van der Waals surface area contributed by atoms with Gasteiger partial charge in [-0.15, -0.1) is 11.3 Å². The average Bonchev–Trinajstić information content (AvgIpc) is 3.47. The fourth-order valence-corrected chi connectivity index (χ4v) is 4.69. The van der Waals surface area contributed by atoms with Crippen LogP contribution in [0.5, 0.6) is 17.2 Å². The van der Waals surface area contributed by atoms with Gasteiger partial charge in [-0.1, -0.05) is 29.3 Å². The summed E-state index contributed by atoms with van der Waals surface area (Å²) in [6.45, 7) is 2.29. The Morgan fingerprint density at radius 1 is 1.00 bits per heavy atom. The lowest BCUT2D eigenvalue weighted by Gasteiger charge is -2.08. The van der Waals surface area contributed by atoms with E-state index in [0.717, 1.165) is 27.3 Å². The Morgan fingerprint density at radius 3 is 2.52 bits per heavy atom. The predicted molar refractivity (Wildman–Crippen MR) is 127 cm³/mol. The minimum absolute atomic E-state index is 0.0567. The molecule has 1 aromatic heterocycles. The summed E-state index contributed by atoms with van der Waals surface area (Å²) in [5.41, 5.74) is 3.77. The summed E-state index contributed by atoms with van der Waals surface area (Å²) in [7, 11) is -3.74. The molecular formula is C23H20ClNO6S2. The molecule has 10 heteroatoms. The van der Waals surface area contributed by atoms with Crippen LogP contribution in [-0.4, -0.2) is 33.4 Å². The SMILES string of the molecule is Cc1ccc(S(=O)(=O)OCCOc2ccc(Cl)cc2)cc1.c1nc2ccc3c(c2s1)OCO3. The molecule has 0 atom stereocenters. The van der Waals surface area contributed by atoms with Gasteiger partial charge in [0.25, 0.3) is 10.1 Å². The first kappa shape index (κ1) is 23.3. The zero-order valence-electron chi connectivity index (χ0n) is 17.6. The molecule has 2 heterocycles. The number of benzene rings is 3. The third-order valence-electron chi connectivity index (χ3n) is 4.55. The molecule has 33 heavy (non-hydrogen) atoms. The molecule has 3 aromatic carbocycles. The van der Waals surface area contributed by atoms with E-state index in [4.69, 9.17) is 30.0 Å². The van der Waals surface area contributed by atoms with Gasteiger partial charge < -0.3 is 14.2 Å². The molecule has 0 N–H and O–H groups in total. The second kappa shape index (κ2) is 10.4. The number of nitrogens with zero attached hydrogens (tertiary/aromatic N) is 1. The Bertz CT molecular complexity index is 1320. The van der Waals surface area contributed by atoms with Crippen molar-refractivity contribution in [2.45, 2.75) is 11.8 Å². The van der Waals surface area contributed by atoms with Gasteiger partial charge in [0.1, 0.15) is 23.7 Å². The number of hydrogen-bond acceptors (Lipinski definition) is 8. The van der Waals surface area contributed by atoms with E-state index < -0.39 is 10.1 Å². The van der Waals surface area contributed by atoms with Gasteiger partial charge in [-0.3, -0.25) is 4.18 Å². The van der Waals surface area contributed by atoms with Crippen LogP contribution in [0, 0.1) is 6.92 Å². The van der Waals surface area contributed by atoms with Gasteiger partial charge in [-0.05, 0) is 55.5 Å². The Morgan fingerprint density at radius 2 is 1.76 bits per heavy atom. The van der Waals surface area contributed by atoms with Gasteiger partial charge in [0, 0.05) is 5.02 Å². The fraction of sp³-hybridized carbons (Fsp3) is 0.174. The van der Waals surface area contributed by atoms with E-state index in [1.54, 1.807) is 47.7 Å². The number of ether oxygens (including phenoxy) is 3. The predicted octanol–water partition coefficient (Wildman–Crippen LogP) is 5.46. The van der Waals surface area contributed by atoms with Crippen LogP contribution in [0.15, 0.2) is 71.1 Å². The van der Waals surface area contributed by atoms with E-state index in [0.29, 0.717) is 17.6 Å². The topological polar surface area (TPSA) is 84.0 Å². The van der Waals surface area contributed by atoms with Crippen molar-refractivity contribution in [3.63, 3.8) is 0 Å². The summed E-state index contributed by atoms with van der Waals surface area (Å²) in [5.74, 6) is 2.28.